The average molecular weight is 354 g/mol. The number of nitrogens with one attached hydrogen (secondary N) is 1. The van der Waals surface area contributed by atoms with E-state index >= 15 is 0 Å². The zero-order valence-corrected chi connectivity index (χ0v) is 16.1. The lowest BCUT2D eigenvalue weighted by molar-refractivity contribution is -0.123. The van der Waals surface area contributed by atoms with Gasteiger partial charge in [-0.25, -0.2) is 0 Å². The van der Waals surface area contributed by atoms with Crippen molar-refractivity contribution in [2.24, 2.45) is 0 Å². The molecule has 3 rings (SSSR count). The molecule has 0 bridgehead atoms. The highest BCUT2D eigenvalue weighted by molar-refractivity contribution is 5.85. The van der Waals surface area contributed by atoms with Gasteiger partial charge >= 0.3 is 0 Å². The summed E-state index contributed by atoms with van der Waals surface area (Å²) in [6, 6.07) is 15.4. The van der Waals surface area contributed by atoms with Gasteiger partial charge in [-0.05, 0) is 29.7 Å². The fourth-order valence-corrected chi connectivity index (χ4v) is 3.81. The maximum Gasteiger partial charge on any atom is 0.234 e. The Morgan fingerprint density at radius 1 is 1.04 bits per heavy atom. The summed E-state index contributed by atoms with van der Waals surface area (Å²) >= 11 is 0. The summed E-state index contributed by atoms with van der Waals surface area (Å²) in [5, 5.41) is 5.76. The van der Waals surface area contributed by atoms with Crippen molar-refractivity contribution in [3.8, 4) is 0 Å². The number of fused-ring (bicyclic) bond motifs is 1. The van der Waals surface area contributed by atoms with E-state index in [9.17, 15) is 4.79 Å². The highest BCUT2D eigenvalue weighted by Gasteiger charge is 2.20. The number of benzene rings is 2. The second-order valence-electron chi connectivity index (χ2n) is 7.45. The third kappa shape index (κ3) is 5.05. The van der Waals surface area contributed by atoms with Crippen LogP contribution in [0.25, 0.3) is 10.8 Å². The van der Waals surface area contributed by atoms with Gasteiger partial charge in [0.15, 0.2) is 0 Å². The highest BCUT2D eigenvalue weighted by Crippen LogP contribution is 2.20. The molecule has 0 spiro atoms. The van der Waals surface area contributed by atoms with Gasteiger partial charge < -0.3 is 5.32 Å². The molecule has 0 aromatic heterocycles. The number of piperazine rings is 1. The first-order valence-corrected chi connectivity index (χ1v) is 9.86. The fourth-order valence-electron chi connectivity index (χ4n) is 3.81. The Morgan fingerprint density at radius 2 is 1.73 bits per heavy atom. The first kappa shape index (κ1) is 18.9. The van der Waals surface area contributed by atoms with E-state index in [0.29, 0.717) is 6.54 Å². The molecule has 0 saturated carbocycles. The summed E-state index contributed by atoms with van der Waals surface area (Å²) in [5.41, 5.74) is 1.39. The average Bonchev–Trinajstić information content (AvgIpc) is 2.64. The molecule has 0 aliphatic carbocycles. The first-order valence-electron chi connectivity index (χ1n) is 9.86. The van der Waals surface area contributed by atoms with Crippen LogP contribution in [0, 0.1) is 0 Å². The third-order valence-corrected chi connectivity index (χ3v) is 5.24. The molecule has 1 aliphatic heterocycles. The Labute approximate surface area is 157 Å². The van der Waals surface area contributed by atoms with Crippen molar-refractivity contribution in [2.45, 2.75) is 39.3 Å². The molecule has 26 heavy (non-hydrogen) atoms. The molecule has 1 aliphatic rings. The van der Waals surface area contributed by atoms with Crippen LogP contribution in [0.1, 0.15) is 32.3 Å². The molecule has 4 nitrogen and oxygen atoms in total. The Balaban J connectivity index is 1.49. The van der Waals surface area contributed by atoms with Gasteiger partial charge in [-0.2, -0.15) is 0 Å². The van der Waals surface area contributed by atoms with Gasteiger partial charge in [-0.3, -0.25) is 14.6 Å². The number of hydrogen-bond acceptors (Lipinski definition) is 3. The third-order valence-electron chi connectivity index (χ3n) is 5.24. The second-order valence-corrected chi connectivity index (χ2v) is 7.45. The van der Waals surface area contributed by atoms with Gasteiger partial charge in [0.2, 0.25) is 5.91 Å². The molecule has 2 aromatic carbocycles. The Hall–Kier alpha value is -1.91. The SMILES string of the molecule is CCC[C@@H](C)NC(=O)CN1CCN(Cc2cccc3ccccc23)CC1. The normalized spacial score (nSPS) is 17.3. The van der Waals surface area contributed by atoms with Crippen LogP contribution >= 0.6 is 0 Å². The fraction of sp³-hybridized carbons (Fsp3) is 0.500. The molecule has 1 saturated heterocycles. The summed E-state index contributed by atoms with van der Waals surface area (Å²) < 4.78 is 0. The first-order chi connectivity index (χ1) is 12.7. The van der Waals surface area contributed by atoms with Gasteiger partial charge in [0.25, 0.3) is 0 Å². The lowest BCUT2D eigenvalue weighted by Gasteiger charge is -2.34. The summed E-state index contributed by atoms with van der Waals surface area (Å²) in [6.45, 7) is 9.69. The molecule has 2 aromatic rings. The van der Waals surface area contributed by atoms with Gasteiger partial charge in [-0.15, -0.1) is 0 Å². The van der Waals surface area contributed by atoms with Crippen molar-refractivity contribution in [1.29, 1.82) is 0 Å². The highest BCUT2D eigenvalue weighted by atomic mass is 16.2. The van der Waals surface area contributed by atoms with Crippen LogP contribution in [-0.4, -0.2) is 54.5 Å². The van der Waals surface area contributed by atoms with E-state index < -0.39 is 0 Å². The quantitative estimate of drug-likeness (QED) is 0.830. The molecule has 1 heterocycles. The molecule has 1 fully saturated rings. The van der Waals surface area contributed by atoms with Crippen molar-refractivity contribution in [3.63, 3.8) is 0 Å². The topological polar surface area (TPSA) is 35.6 Å². The van der Waals surface area contributed by atoms with Crippen molar-refractivity contribution < 1.29 is 4.79 Å². The van der Waals surface area contributed by atoms with Crippen molar-refractivity contribution >= 4 is 16.7 Å². The van der Waals surface area contributed by atoms with Gasteiger partial charge in [0.05, 0.1) is 6.54 Å². The van der Waals surface area contributed by atoms with Crippen LogP contribution in [0.5, 0.6) is 0 Å². The van der Waals surface area contributed by atoms with Crippen LogP contribution in [0.15, 0.2) is 42.5 Å². The maximum atomic E-state index is 12.1. The number of carbonyl (C=O) groups excluding carboxylic acids is 1. The molecular formula is C22H31N3O. The summed E-state index contributed by atoms with van der Waals surface area (Å²) in [4.78, 5) is 16.9. The Kier molecular flexibility index (Phi) is 6.64. The summed E-state index contributed by atoms with van der Waals surface area (Å²) in [7, 11) is 0. The van der Waals surface area contributed by atoms with Crippen molar-refractivity contribution in [1.82, 2.24) is 15.1 Å². The van der Waals surface area contributed by atoms with E-state index in [1.54, 1.807) is 0 Å². The van der Waals surface area contributed by atoms with Gasteiger partial charge in [0, 0.05) is 38.8 Å². The lowest BCUT2D eigenvalue weighted by Crippen LogP contribution is -2.49. The number of hydrogen-bond donors (Lipinski definition) is 1. The van der Waals surface area contributed by atoms with Crippen LogP contribution in [-0.2, 0) is 11.3 Å². The molecule has 1 N–H and O–H groups in total. The van der Waals surface area contributed by atoms with Gasteiger partial charge in [-0.1, -0.05) is 55.8 Å². The standard InChI is InChI=1S/C22H31N3O/c1-3-7-18(2)23-22(26)17-25-14-12-24(13-15-25)16-20-10-6-9-19-8-4-5-11-21(19)20/h4-6,8-11,18H,3,7,12-17H2,1-2H3,(H,23,26)/t18-/m1/s1. The Bertz CT molecular complexity index is 717. The predicted molar refractivity (Wildman–Crippen MR) is 108 cm³/mol. The number of carbonyl (C=O) groups is 1. The van der Waals surface area contributed by atoms with Crippen molar-refractivity contribution in [3.05, 3.63) is 48.0 Å². The largest absolute Gasteiger partial charge is 0.353 e. The van der Waals surface area contributed by atoms with E-state index in [2.05, 4.69) is 71.4 Å². The van der Waals surface area contributed by atoms with E-state index in [4.69, 9.17) is 0 Å². The summed E-state index contributed by atoms with van der Waals surface area (Å²) in [6.07, 6.45) is 2.15. The van der Waals surface area contributed by atoms with Crippen LogP contribution in [0.2, 0.25) is 0 Å². The second kappa shape index (κ2) is 9.15. The van der Waals surface area contributed by atoms with E-state index in [-0.39, 0.29) is 11.9 Å². The number of rotatable bonds is 7. The molecule has 140 valence electrons. The van der Waals surface area contributed by atoms with Crippen LogP contribution < -0.4 is 5.32 Å². The lowest BCUT2D eigenvalue weighted by atomic mass is 10.0. The van der Waals surface area contributed by atoms with Crippen LogP contribution in [0.3, 0.4) is 0 Å². The smallest absolute Gasteiger partial charge is 0.234 e. The minimum absolute atomic E-state index is 0.161. The van der Waals surface area contributed by atoms with E-state index in [1.807, 2.05) is 0 Å². The van der Waals surface area contributed by atoms with Crippen LogP contribution in [0.4, 0.5) is 0 Å². The number of nitrogens with zero attached hydrogens (tertiary/aromatic N) is 2. The van der Waals surface area contributed by atoms with E-state index in [0.717, 1.165) is 45.6 Å². The molecular weight excluding hydrogens is 322 g/mol. The Morgan fingerprint density at radius 3 is 2.50 bits per heavy atom. The molecule has 1 atom stereocenters. The molecule has 0 radical (unpaired) electrons. The molecule has 4 heteroatoms. The summed E-state index contributed by atoms with van der Waals surface area (Å²) in [5.74, 6) is 0.161. The molecule has 1 amide bonds. The monoisotopic (exact) mass is 353 g/mol. The number of amides is 1. The van der Waals surface area contributed by atoms with Crippen molar-refractivity contribution in [2.75, 3.05) is 32.7 Å². The zero-order chi connectivity index (χ0) is 18.4. The predicted octanol–water partition coefficient (Wildman–Crippen LogP) is 3.26. The van der Waals surface area contributed by atoms with Gasteiger partial charge in [0.1, 0.15) is 0 Å². The maximum absolute atomic E-state index is 12.1. The zero-order valence-electron chi connectivity index (χ0n) is 16.1. The molecule has 0 unspecified atom stereocenters. The minimum Gasteiger partial charge on any atom is -0.353 e. The van der Waals surface area contributed by atoms with E-state index in [1.165, 1.54) is 16.3 Å². The minimum atomic E-state index is 0.161.